The molecule has 2 N–H and O–H groups in total. The topological polar surface area (TPSA) is 40.2 Å². The molecular weight excluding hydrogens is 284 g/mol. The third kappa shape index (κ3) is 3.75. The summed E-state index contributed by atoms with van der Waals surface area (Å²) >= 11 is 0. The van der Waals surface area contributed by atoms with E-state index in [0.717, 1.165) is 44.0 Å². The van der Waals surface area contributed by atoms with E-state index in [-0.39, 0.29) is 5.41 Å². The number of nitrogens with one attached hydrogen (secondary N) is 2. The molecule has 1 saturated heterocycles. The molecule has 1 aromatic heterocycles. The molecule has 2 rings (SSSR count). The summed E-state index contributed by atoms with van der Waals surface area (Å²) in [6.45, 7) is 15.5. The second kappa shape index (κ2) is 7.64. The van der Waals surface area contributed by atoms with E-state index in [9.17, 15) is 0 Å². The fourth-order valence-corrected chi connectivity index (χ4v) is 3.20. The van der Waals surface area contributed by atoms with Gasteiger partial charge in [-0.05, 0) is 38.3 Å². The molecule has 0 bridgehead atoms. The van der Waals surface area contributed by atoms with Crippen molar-refractivity contribution in [3.63, 3.8) is 0 Å². The number of likely N-dealkylation sites (N-methyl/N-ethyl adjacent to an activating group) is 1. The summed E-state index contributed by atoms with van der Waals surface area (Å²) in [5.74, 6) is 1.06. The zero-order chi connectivity index (χ0) is 16.9. The highest BCUT2D eigenvalue weighted by atomic mass is 15.3. The second-order valence-electron chi connectivity index (χ2n) is 6.54. The zero-order valence-corrected chi connectivity index (χ0v) is 14.7. The van der Waals surface area contributed by atoms with Gasteiger partial charge in [-0.25, -0.2) is 4.98 Å². The van der Waals surface area contributed by atoms with Crippen LogP contribution in [0.4, 0.5) is 5.82 Å². The standard InChI is InChI=1S/C19H30N4/c1-6-7-10-19(4,16(3)20-5)17-8-9-18(22-14-17)23-12-11-21-13-15(23)2/h6,8-9,14-15,20-21H,1,3,7,10-13H2,2,4-5H3. The highest BCUT2D eigenvalue weighted by Crippen LogP contribution is 2.34. The smallest absolute Gasteiger partial charge is 0.128 e. The molecule has 1 aliphatic rings. The summed E-state index contributed by atoms with van der Waals surface area (Å²) in [5, 5.41) is 6.64. The predicted molar refractivity (Wildman–Crippen MR) is 98.9 cm³/mol. The summed E-state index contributed by atoms with van der Waals surface area (Å²) in [5.41, 5.74) is 2.08. The van der Waals surface area contributed by atoms with Crippen molar-refractivity contribution in [2.45, 2.75) is 38.1 Å². The molecule has 0 spiro atoms. The van der Waals surface area contributed by atoms with E-state index in [1.807, 2.05) is 19.3 Å². The molecule has 1 aliphatic heterocycles. The average molecular weight is 314 g/mol. The van der Waals surface area contributed by atoms with Gasteiger partial charge in [-0.1, -0.05) is 18.7 Å². The first-order chi connectivity index (χ1) is 11.0. The minimum absolute atomic E-state index is 0.135. The third-order valence-corrected chi connectivity index (χ3v) is 5.00. The minimum Gasteiger partial charge on any atom is -0.391 e. The van der Waals surface area contributed by atoms with Crippen molar-refractivity contribution in [1.82, 2.24) is 15.6 Å². The van der Waals surface area contributed by atoms with Crippen molar-refractivity contribution in [2.75, 3.05) is 31.6 Å². The van der Waals surface area contributed by atoms with Crippen LogP contribution in [0.5, 0.6) is 0 Å². The zero-order valence-electron chi connectivity index (χ0n) is 14.7. The summed E-state index contributed by atoms with van der Waals surface area (Å²) in [4.78, 5) is 7.12. The molecule has 2 heterocycles. The molecule has 0 aliphatic carbocycles. The van der Waals surface area contributed by atoms with Crippen LogP contribution in [-0.4, -0.2) is 37.7 Å². The molecule has 23 heavy (non-hydrogen) atoms. The number of hydrogen-bond donors (Lipinski definition) is 2. The van der Waals surface area contributed by atoms with Crippen LogP contribution in [0.3, 0.4) is 0 Å². The SMILES string of the molecule is C=CCCC(C)(C(=C)NC)c1ccc(N2CCNCC2C)nc1. The van der Waals surface area contributed by atoms with Crippen LogP contribution < -0.4 is 15.5 Å². The van der Waals surface area contributed by atoms with Crippen molar-refractivity contribution in [1.29, 1.82) is 0 Å². The van der Waals surface area contributed by atoms with Gasteiger partial charge in [-0.2, -0.15) is 0 Å². The Morgan fingerprint density at radius 2 is 2.35 bits per heavy atom. The fraction of sp³-hybridized carbons (Fsp3) is 0.526. The van der Waals surface area contributed by atoms with E-state index in [1.165, 1.54) is 5.56 Å². The molecule has 0 amide bonds. The van der Waals surface area contributed by atoms with Gasteiger partial charge >= 0.3 is 0 Å². The van der Waals surface area contributed by atoms with E-state index < -0.39 is 0 Å². The molecule has 0 radical (unpaired) electrons. The van der Waals surface area contributed by atoms with Gasteiger partial charge in [0.1, 0.15) is 5.82 Å². The monoisotopic (exact) mass is 314 g/mol. The van der Waals surface area contributed by atoms with Gasteiger partial charge in [0.05, 0.1) is 0 Å². The first kappa shape index (κ1) is 17.5. The quantitative estimate of drug-likeness (QED) is 0.759. The van der Waals surface area contributed by atoms with Crippen molar-refractivity contribution in [3.05, 3.63) is 48.8 Å². The number of pyridine rings is 1. The molecular formula is C19H30N4. The summed E-state index contributed by atoms with van der Waals surface area (Å²) in [6, 6.07) is 4.82. The Kier molecular flexibility index (Phi) is 5.83. The Morgan fingerprint density at radius 3 is 2.91 bits per heavy atom. The van der Waals surface area contributed by atoms with Gasteiger partial charge in [0.2, 0.25) is 0 Å². The number of allylic oxidation sites excluding steroid dienone is 2. The molecule has 2 atom stereocenters. The summed E-state index contributed by atoms with van der Waals surface area (Å²) < 4.78 is 0. The Balaban J connectivity index is 2.24. The third-order valence-electron chi connectivity index (χ3n) is 5.00. The van der Waals surface area contributed by atoms with Crippen LogP contribution in [-0.2, 0) is 5.41 Å². The normalized spacial score (nSPS) is 20.7. The van der Waals surface area contributed by atoms with E-state index in [1.54, 1.807) is 0 Å². The average Bonchev–Trinajstić information content (AvgIpc) is 2.59. The maximum absolute atomic E-state index is 4.75. The fourth-order valence-electron chi connectivity index (χ4n) is 3.20. The maximum atomic E-state index is 4.75. The number of piperazine rings is 1. The lowest BCUT2D eigenvalue weighted by molar-refractivity contribution is 0.484. The van der Waals surface area contributed by atoms with Gasteiger partial charge in [0.25, 0.3) is 0 Å². The number of rotatable bonds is 7. The van der Waals surface area contributed by atoms with Crippen molar-refractivity contribution < 1.29 is 0 Å². The lowest BCUT2D eigenvalue weighted by Gasteiger charge is -2.36. The van der Waals surface area contributed by atoms with Crippen LogP contribution in [0.25, 0.3) is 0 Å². The number of nitrogens with zero attached hydrogens (tertiary/aromatic N) is 2. The summed E-state index contributed by atoms with van der Waals surface area (Å²) in [6.07, 6.45) is 5.90. The van der Waals surface area contributed by atoms with Crippen LogP contribution >= 0.6 is 0 Å². The lowest BCUT2D eigenvalue weighted by Crippen LogP contribution is -2.50. The molecule has 4 nitrogen and oxygen atoms in total. The molecule has 126 valence electrons. The van der Waals surface area contributed by atoms with E-state index >= 15 is 0 Å². The first-order valence-corrected chi connectivity index (χ1v) is 8.45. The van der Waals surface area contributed by atoms with E-state index in [0.29, 0.717) is 6.04 Å². The highest BCUT2D eigenvalue weighted by molar-refractivity contribution is 5.44. The molecule has 0 aromatic carbocycles. The van der Waals surface area contributed by atoms with Crippen LogP contribution in [0.2, 0.25) is 0 Å². The van der Waals surface area contributed by atoms with Crippen LogP contribution in [0.15, 0.2) is 43.3 Å². The Hall–Kier alpha value is -1.81. The maximum Gasteiger partial charge on any atom is 0.128 e. The molecule has 0 saturated carbocycles. The number of aromatic nitrogens is 1. The Morgan fingerprint density at radius 1 is 1.57 bits per heavy atom. The van der Waals surface area contributed by atoms with Gasteiger partial charge in [0.15, 0.2) is 0 Å². The second-order valence-corrected chi connectivity index (χ2v) is 6.54. The highest BCUT2D eigenvalue weighted by Gasteiger charge is 2.29. The molecule has 4 heteroatoms. The van der Waals surface area contributed by atoms with Gasteiger partial charge < -0.3 is 15.5 Å². The number of hydrogen-bond acceptors (Lipinski definition) is 4. The van der Waals surface area contributed by atoms with Crippen molar-refractivity contribution in [3.8, 4) is 0 Å². The lowest BCUT2D eigenvalue weighted by atomic mass is 9.76. The molecule has 1 fully saturated rings. The van der Waals surface area contributed by atoms with Crippen molar-refractivity contribution in [2.24, 2.45) is 0 Å². The molecule has 1 aromatic rings. The van der Waals surface area contributed by atoms with Crippen LogP contribution in [0, 0.1) is 0 Å². The van der Waals surface area contributed by atoms with Crippen molar-refractivity contribution >= 4 is 5.82 Å². The predicted octanol–water partition coefficient (Wildman–Crippen LogP) is 2.84. The van der Waals surface area contributed by atoms with Gasteiger partial charge in [-0.3, -0.25) is 0 Å². The van der Waals surface area contributed by atoms with E-state index in [2.05, 4.69) is 54.7 Å². The first-order valence-electron chi connectivity index (χ1n) is 8.45. The molecule has 2 unspecified atom stereocenters. The van der Waals surface area contributed by atoms with Crippen LogP contribution in [0.1, 0.15) is 32.3 Å². The van der Waals surface area contributed by atoms with Gasteiger partial charge in [-0.15, -0.1) is 6.58 Å². The summed E-state index contributed by atoms with van der Waals surface area (Å²) in [7, 11) is 1.93. The Labute approximate surface area is 140 Å². The largest absolute Gasteiger partial charge is 0.391 e. The Bertz CT molecular complexity index is 537. The number of anilines is 1. The van der Waals surface area contributed by atoms with E-state index in [4.69, 9.17) is 4.98 Å². The van der Waals surface area contributed by atoms with Gasteiger partial charge in [0, 0.05) is 50.0 Å². The minimum atomic E-state index is -0.135.